The molecule has 0 aliphatic rings. The van der Waals surface area contributed by atoms with Crippen LogP contribution in [0.25, 0.3) is 0 Å². The molecule has 0 fully saturated rings. The van der Waals surface area contributed by atoms with Crippen LogP contribution in [0.1, 0.15) is 18.4 Å². The third-order valence-corrected chi connectivity index (χ3v) is 3.79. The molecule has 0 heterocycles. The first-order chi connectivity index (χ1) is 14.0. The van der Waals surface area contributed by atoms with E-state index in [4.69, 9.17) is 9.47 Å². The summed E-state index contributed by atoms with van der Waals surface area (Å²) < 4.78 is 38.8. The molecule has 2 aromatic carbocycles. The maximum Gasteiger partial charge on any atom is 0.387 e. The fourth-order valence-electron chi connectivity index (χ4n) is 2.38. The molecule has 0 saturated heterocycles. The van der Waals surface area contributed by atoms with Gasteiger partial charge in [0.25, 0.3) is 5.91 Å². The molecule has 0 spiro atoms. The van der Waals surface area contributed by atoms with Crippen LogP contribution >= 0.6 is 0 Å². The van der Waals surface area contributed by atoms with Crippen molar-refractivity contribution in [3.63, 3.8) is 0 Å². The number of rotatable bonds is 12. The average Bonchev–Trinajstić information content (AvgIpc) is 2.71. The van der Waals surface area contributed by atoms with Gasteiger partial charge in [-0.3, -0.25) is 9.59 Å². The molecule has 0 saturated carbocycles. The summed E-state index contributed by atoms with van der Waals surface area (Å²) in [4.78, 5) is 23.4. The zero-order chi connectivity index (χ0) is 20.9. The normalized spacial score (nSPS) is 10.4. The molecular weight excluding hydrogens is 384 g/mol. The van der Waals surface area contributed by atoms with Crippen molar-refractivity contribution < 1.29 is 32.6 Å². The van der Waals surface area contributed by atoms with E-state index in [0.717, 1.165) is 11.3 Å². The van der Waals surface area contributed by atoms with Crippen molar-refractivity contribution in [2.24, 2.45) is 0 Å². The molecule has 156 valence electrons. The molecule has 0 radical (unpaired) electrons. The number of para-hydroxylation sites is 1. The van der Waals surface area contributed by atoms with Gasteiger partial charge in [0.1, 0.15) is 11.5 Å². The highest BCUT2D eigenvalue weighted by Gasteiger charge is 2.08. The Kier molecular flexibility index (Phi) is 9.41. The third kappa shape index (κ3) is 9.55. The predicted molar refractivity (Wildman–Crippen MR) is 102 cm³/mol. The first kappa shape index (κ1) is 22.1. The number of halogens is 2. The molecular formula is C21H23F2NO5. The van der Waals surface area contributed by atoms with Crippen molar-refractivity contribution in [3.05, 3.63) is 60.2 Å². The number of amides is 1. The Morgan fingerprint density at radius 3 is 2.38 bits per heavy atom. The van der Waals surface area contributed by atoms with E-state index >= 15 is 0 Å². The fourth-order valence-corrected chi connectivity index (χ4v) is 2.38. The van der Waals surface area contributed by atoms with Crippen molar-refractivity contribution in [2.75, 3.05) is 19.8 Å². The minimum Gasteiger partial charge on any atom is -0.494 e. The fraction of sp³-hybridized carbons (Fsp3) is 0.333. The molecule has 0 aromatic heterocycles. The van der Waals surface area contributed by atoms with Crippen LogP contribution < -0.4 is 14.8 Å². The Labute approximate surface area is 167 Å². The van der Waals surface area contributed by atoms with Crippen LogP contribution in [0.15, 0.2) is 54.6 Å². The molecule has 8 heteroatoms. The first-order valence-corrected chi connectivity index (χ1v) is 9.17. The highest BCUT2D eigenvalue weighted by molar-refractivity contribution is 5.80. The monoisotopic (exact) mass is 407 g/mol. The van der Waals surface area contributed by atoms with Gasteiger partial charge < -0.3 is 19.5 Å². The molecule has 0 unspecified atom stereocenters. The van der Waals surface area contributed by atoms with Gasteiger partial charge in [-0.05, 0) is 42.7 Å². The smallest absolute Gasteiger partial charge is 0.387 e. The van der Waals surface area contributed by atoms with Crippen molar-refractivity contribution in [1.82, 2.24) is 5.32 Å². The van der Waals surface area contributed by atoms with Crippen LogP contribution in [0.2, 0.25) is 0 Å². The molecule has 2 aromatic rings. The highest BCUT2D eigenvalue weighted by atomic mass is 19.3. The summed E-state index contributed by atoms with van der Waals surface area (Å²) >= 11 is 0. The Hall–Kier alpha value is -3.16. The predicted octanol–water partition coefficient (Wildman–Crippen LogP) is 3.35. The van der Waals surface area contributed by atoms with Crippen LogP contribution in [-0.4, -0.2) is 38.2 Å². The maximum atomic E-state index is 12.1. The lowest BCUT2D eigenvalue weighted by Gasteiger charge is -2.08. The SMILES string of the molecule is O=C(COC(=O)CCCOc1ccccc1)NCCc1ccc(OC(F)F)cc1. The number of hydrogen-bond acceptors (Lipinski definition) is 5. The van der Waals surface area contributed by atoms with E-state index in [0.29, 0.717) is 26.0 Å². The minimum absolute atomic E-state index is 0.0777. The average molecular weight is 407 g/mol. The lowest BCUT2D eigenvalue weighted by Crippen LogP contribution is -2.30. The summed E-state index contributed by atoms with van der Waals surface area (Å²) in [5.74, 6) is -0.0618. The topological polar surface area (TPSA) is 73.9 Å². The van der Waals surface area contributed by atoms with Crippen molar-refractivity contribution >= 4 is 11.9 Å². The zero-order valence-electron chi connectivity index (χ0n) is 15.8. The molecule has 29 heavy (non-hydrogen) atoms. The van der Waals surface area contributed by atoms with Gasteiger partial charge in [-0.25, -0.2) is 0 Å². The number of ether oxygens (including phenoxy) is 3. The molecule has 2 rings (SSSR count). The van der Waals surface area contributed by atoms with Gasteiger partial charge in [0.05, 0.1) is 6.61 Å². The molecule has 0 aliphatic carbocycles. The second kappa shape index (κ2) is 12.3. The van der Waals surface area contributed by atoms with Crippen molar-refractivity contribution in [3.8, 4) is 11.5 Å². The first-order valence-electron chi connectivity index (χ1n) is 9.17. The minimum atomic E-state index is -2.86. The van der Waals surface area contributed by atoms with Crippen molar-refractivity contribution in [1.29, 1.82) is 0 Å². The number of nitrogens with one attached hydrogen (secondary N) is 1. The molecule has 6 nitrogen and oxygen atoms in total. The Morgan fingerprint density at radius 1 is 0.966 bits per heavy atom. The molecule has 0 bridgehead atoms. The van der Waals surface area contributed by atoms with E-state index in [1.165, 1.54) is 12.1 Å². The van der Waals surface area contributed by atoms with E-state index in [2.05, 4.69) is 10.1 Å². The quantitative estimate of drug-likeness (QED) is 0.432. The number of alkyl halides is 2. The number of hydrogen-bond donors (Lipinski definition) is 1. The van der Waals surface area contributed by atoms with E-state index in [9.17, 15) is 18.4 Å². The van der Waals surface area contributed by atoms with Crippen LogP contribution in [0, 0.1) is 0 Å². The Morgan fingerprint density at radius 2 is 1.69 bits per heavy atom. The number of carbonyl (C=O) groups is 2. The Bertz CT molecular complexity index is 753. The van der Waals surface area contributed by atoms with Crippen LogP contribution in [0.3, 0.4) is 0 Å². The zero-order valence-corrected chi connectivity index (χ0v) is 15.8. The van der Waals surface area contributed by atoms with Gasteiger partial charge in [-0.1, -0.05) is 30.3 Å². The summed E-state index contributed by atoms with van der Waals surface area (Å²) in [5, 5.41) is 2.63. The van der Waals surface area contributed by atoms with Crippen LogP contribution in [0.4, 0.5) is 8.78 Å². The van der Waals surface area contributed by atoms with Gasteiger partial charge in [-0.15, -0.1) is 0 Å². The number of carbonyl (C=O) groups excluding carboxylic acids is 2. The summed E-state index contributed by atoms with van der Waals surface area (Å²) in [7, 11) is 0. The van der Waals surface area contributed by atoms with Gasteiger partial charge in [-0.2, -0.15) is 8.78 Å². The standard InChI is InChI=1S/C21H23F2NO5/c22-21(23)29-18-10-8-16(9-11-18)12-13-24-19(25)15-28-20(26)7-4-14-27-17-5-2-1-3-6-17/h1-3,5-6,8-11,21H,4,7,12-15H2,(H,24,25). The van der Waals surface area contributed by atoms with Crippen LogP contribution in [0.5, 0.6) is 11.5 Å². The van der Waals surface area contributed by atoms with E-state index in [1.807, 2.05) is 30.3 Å². The van der Waals surface area contributed by atoms with E-state index in [-0.39, 0.29) is 18.8 Å². The van der Waals surface area contributed by atoms with Gasteiger partial charge in [0.2, 0.25) is 0 Å². The lowest BCUT2D eigenvalue weighted by atomic mass is 10.1. The van der Waals surface area contributed by atoms with Crippen molar-refractivity contribution in [2.45, 2.75) is 25.9 Å². The van der Waals surface area contributed by atoms with Gasteiger partial charge in [0.15, 0.2) is 6.61 Å². The summed E-state index contributed by atoms with van der Waals surface area (Å²) in [6, 6.07) is 15.4. The molecule has 1 N–H and O–H groups in total. The number of esters is 1. The number of benzene rings is 2. The largest absolute Gasteiger partial charge is 0.494 e. The molecule has 0 atom stereocenters. The second-order valence-corrected chi connectivity index (χ2v) is 6.05. The van der Waals surface area contributed by atoms with Gasteiger partial charge in [0, 0.05) is 13.0 Å². The second-order valence-electron chi connectivity index (χ2n) is 6.05. The summed E-state index contributed by atoms with van der Waals surface area (Å²) in [5.41, 5.74) is 0.849. The Balaban J connectivity index is 1.53. The van der Waals surface area contributed by atoms with Crippen LogP contribution in [-0.2, 0) is 20.7 Å². The summed E-state index contributed by atoms with van der Waals surface area (Å²) in [6.45, 7) is -2.50. The molecule has 0 aliphatic heterocycles. The lowest BCUT2D eigenvalue weighted by molar-refractivity contribution is -0.148. The maximum absolute atomic E-state index is 12.1. The van der Waals surface area contributed by atoms with E-state index in [1.54, 1.807) is 12.1 Å². The highest BCUT2D eigenvalue weighted by Crippen LogP contribution is 2.15. The van der Waals surface area contributed by atoms with E-state index < -0.39 is 18.5 Å². The summed E-state index contributed by atoms with van der Waals surface area (Å²) in [6.07, 6.45) is 1.15. The third-order valence-electron chi connectivity index (χ3n) is 3.79. The molecule has 1 amide bonds. The van der Waals surface area contributed by atoms with Gasteiger partial charge >= 0.3 is 12.6 Å².